The van der Waals surface area contributed by atoms with Gasteiger partial charge in [-0.1, -0.05) is 39.5 Å². The summed E-state index contributed by atoms with van der Waals surface area (Å²) in [6, 6.07) is 12.7. The Morgan fingerprint density at radius 2 is 1.74 bits per heavy atom. The number of benzene rings is 2. The van der Waals surface area contributed by atoms with Crippen LogP contribution in [-0.2, 0) is 11.3 Å². The Hall–Kier alpha value is -2.83. The van der Waals surface area contributed by atoms with E-state index in [4.69, 9.17) is 14.6 Å². The monoisotopic (exact) mass is 590 g/mol. The van der Waals surface area contributed by atoms with Gasteiger partial charge in [0.05, 0.1) is 18.8 Å². The standard InChI is InChI=1S/C29H44N2O2.C7H6O2.CH4/c1-19(2)23-7-8-25(23)24-6-5-21(24)12-16-33-22-10-14-31(15-11-22)18-27-26-9-13-30-29(26)20(3)17-28(27)32-4;8-7(9)6-4-2-1-3-5-6;/h9,13,17,19,21-25,30H,5-8,10-12,14-16,18H2,1-4H3;1-5H,(H,8,9);1H4. The number of aromatic carboxylic acids is 1. The summed E-state index contributed by atoms with van der Waals surface area (Å²) in [6.07, 6.45) is 12.0. The summed E-state index contributed by atoms with van der Waals surface area (Å²) in [7, 11) is 1.79. The molecule has 6 rings (SSSR count). The van der Waals surface area contributed by atoms with E-state index >= 15 is 0 Å². The van der Waals surface area contributed by atoms with Crippen LogP contribution in [0.3, 0.4) is 0 Å². The van der Waals surface area contributed by atoms with Crippen LogP contribution in [0.15, 0.2) is 48.7 Å². The number of carboxylic acid groups (broad SMARTS) is 1. The van der Waals surface area contributed by atoms with Gasteiger partial charge in [0, 0.05) is 48.9 Å². The molecule has 0 bridgehead atoms. The van der Waals surface area contributed by atoms with Crippen molar-refractivity contribution in [1.82, 2.24) is 9.88 Å². The molecule has 6 heteroatoms. The first-order valence-electron chi connectivity index (χ1n) is 16.1. The van der Waals surface area contributed by atoms with Crippen molar-refractivity contribution in [3.05, 3.63) is 65.4 Å². The fourth-order valence-electron chi connectivity index (χ4n) is 7.63. The van der Waals surface area contributed by atoms with Crippen molar-refractivity contribution in [3.8, 4) is 5.75 Å². The van der Waals surface area contributed by atoms with Crippen LogP contribution >= 0.6 is 0 Å². The summed E-state index contributed by atoms with van der Waals surface area (Å²) in [5, 5.41) is 9.68. The van der Waals surface area contributed by atoms with Crippen molar-refractivity contribution >= 4 is 16.9 Å². The second kappa shape index (κ2) is 15.3. The fourth-order valence-corrected chi connectivity index (χ4v) is 7.63. The van der Waals surface area contributed by atoms with Crippen LogP contribution in [0, 0.1) is 36.5 Å². The van der Waals surface area contributed by atoms with E-state index in [1.807, 2.05) is 6.20 Å². The third-order valence-corrected chi connectivity index (χ3v) is 10.4. The molecule has 0 radical (unpaired) electrons. The van der Waals surface area contributed by atoms with Crippen molar-refractivity contribution in [3.63, 3.8) is 0 Å². The summed E-state index contributed by atoms with van der Waals surface area (Å²) in [4.78, 5) is 16.2. The SMILES string of the molecule is C.COc1cc(C)c2[nH]ccc2c1CN1CCC(OCCC2CCC2C2CCC2C(C)C)CC1.O=C(O)c1ccccc1. The summed E-state index contributed by atoms with van der Waals surface area (Å²) in [6.45, 7) is 11.1. The maximum atomic E-state index is 10.2. The van der Waals surface area contributed by atoms with Crippen molar-refractivity contribution in [1.29, 1.82) is 0 Å². The molecule has 2 heterocycles. The van der Waals surface area contributed by atoms with E-state index in [0.717, 1.165) is 74.4 Å². The smallest absolute Gasteiger partial charge is 0.335 e. The molecule has 43 heavy (non-hydrogen) atoms. The van der Waals surface area contributed by atoms with E-state index in [1.54, 1.807) is 37.4 Å². The van der Waals surface area contributed by atoms with Crippen LogP contribution in [0.2, 0.25) is 0 Å². The molecule has 1 aliphatic heterocycles. The lowest BCUT2D eigenvalue weighted by Gasteiger charge is -2.52. The lowest BCUT2D eigenvalue weighted by Crippen LogP contribution is -2.43. The van der Waals surface area contributed by atoms with Gasteiger partial charge in [-0.2, -0.15) is 0 Å². The van der Waals surface area contributed by atoms with Crippen LogP contribution in [-0.4, -0.2) is 53.9 Å². The molecule has 2 aliphatic carbocycles. The minimum absolute atomic E-state index is 0. The fraction of sp³-hybridized carbons (Fsp3) is 0.595. The first-order chi connectivity index (χ1) is 20.4. The molecule has 3 aromatic rings. The zero-order valence-electron chi connectivity index (χ0n) is 26.0. The van der Waals surface area contributed by atoms with Gasteiger partial charge in [0.15, 0.2) is 0 Å². The van der Waals surface area contributed by atoms with Crippen molar-refractivity contribution in [2.45, 2.75) is 85.8 Å². The maximum Gasteiger partial charge on any atom is 0.335 e. The topological polar surface area (TPSA) is 74.8 Å². The number of carbonyl (C=O) groups is 1. The number of rotatable bonds is 10. The maximum absolute atomic E-state index is 10.2. The van der Waals surface area contributed by atoms with E-state index in [2.05, 4.69) is 42.8 Å². The second-order valence-electron chi connectivity index (χ2n) is 13.1. The molecule has 6 nitrogen and oxygen atoms in total. The van der Waals surface area contributed by atoms with Crippen LogP contribution in [0.4, 0.5) is 0 Å². The Labute approximate surface area is 259 Å². The molecular weight excluding hydrogens is 536 g/mol. The van der Waals surface area contributed by atoms with Gasteiger partial charge in [0.2, 0.25) is 0 Å². The molecule has 0 spiro atoms. The van der Waals surface area contributed by atoms with Gasteiger partial charge in [-0.15, -0.1) is 0 Å². The number of nitrogens with one attached hydrogen (secondary N) is 1. The molecule has 236 valence electrons. The summed E-state index contributed by atoms with van der Waals surface area (Å²) >= 11 is 0. The van der Waals surface area contributed by atoms with Crippen LogP contribution in [0.1, 0.15) is 87.7 Å². The van der Waals surface area contributed by atoms with E-state index in [0.29, 0.717) is 11.7 Å². The third-order valence-electron chi connectivity index (χ3n) is 10.4. The van der Waals surface area contributed by atoms with E-state index in [1.165, 1.54) is 54.1 Å². The molecule has 2 N–H and O–H groups in total. The first kappa shape index (κ1) is 33.1. The molecular formula is C37H54N2O4. The quantitative estimate of drug-likeness (QED) is 0.247. The number of hydrogen-bond acceptors (Lipinski definition) is 4. The van der Waals surface area contributed by atoms with Gasteiger partial charge in [-0.3, -0.25) is 4.90 Å². The van der Waals surface area contributed by atoms with Gasteiger partial charge in [-0.25, -0.2) is 4.79 Å². The molecule has 2 aromatic carbocycles. The van der Waals surface area contributed by atoms with Crippen LogP contribution in [0.5, 0.6) is 5.75 Å². The largest absolute Gasteiger partial charge is 0.496 e. The van der Waals surface area contributed by atoms with Gasteiger partial charge in [0.1, 0.15) is 5.75 Å². The zero-order valence-corrected chi connectivity index (χ0v) is 26.0. The normalized spacial score (nSPS) is 23.9. The first-order valence-corrected chi connectivity index (χ1v) is 16.1. The van der Waals surface area contributed by atoms with Crippen molar-refractivity contribution < 1.29 is 19.4 Å². The summed E-state index contributed by atoms with van der Waals surface area (Å²) < 4.78 is 12.2. The molecule has 3 aliphatic rings. The number of aromatic amines is 1. The Morgan fingerprint density at radius 1 is 1.02 bits per heavy atom. The zero-order chi connectivity index (χ0) is 29.6. The molecule has 1 saturated heterocycles. The Kier molecular flexibility index (Phi) is 11.7. The summed E-state index contributed by atoms with van der Waals surface area (Å²) in [5.74, 6) is 4.98. The van der Waals surface area contributed by atoms with Crippen molar-refractivity contribution in [2.75, 3.05) is 26.8 Å². The average Bonchev–Trinajstić information content (AvgIpc) is 3.46. The number of H-pyrrole nitrogens is 1. The predicted octanol–water partition coefficient (Wildman–Crippen LogP) is 8.59. The molecule has 3 fully saturated rings. The Bertz CT molecular complexity index is 1290. The van der Waals surface area contributed by atoms with E-state index in [-0.39, 0.29) is 7.43 Å². The van der Waals surface area contributed by atoms with E-state index < -0.39 is 5.97 Å². The number of nitrogens with zero attached hydrogens (tertiary/aromatic N) is 1. The average molecular weight is 591 g/mol. The number of ether oxygens (including phenoxy) is 2. The Morgan fingerprint density at radius 3 is 2.30 bits per heavy atom. The van der Waals surface area contributed by atoms with Crippen molar-refractivity contribution in [2.24, 2.45) is 29.6 Å². The third kappa shape index (κ3) is 7.82. The number of piperidine rings is 1. The van der Waals surface area contributed by atoms with E-state index in [9.17, 15) is 4.79 Å². The van der Waals surface area contributed by atoms with Gasteiger partial charge >= 0.3 is 5.97 Å². The minimum Gasteiger partial charge on any atom is -0.496 e. The highest BCUT2D eigenvalue weighted by Gasteiger charge is 2.45. The number of methoxy groups -OCH3 is 1. The van der Waals surface area contributed by atoms with Gasteiger partial charge in [-0.05, 0) is 111 Å². The number of hydrogen-bond donors (Lipinski definition) is 2. The molecule has 4 atom stereocenters. The van der Waals surface area contributed by atoms with Gasteiger partial charge in [0.25, 0.3) is 0 Å². The number of likely N-dealkylation sites (tertiary alicyclic amines) is 1. The molecule has 1 aromatic heterocycles. The number of aromatic nitrogens is 1. The number of aryl methyl sites for hydroxylation is 1. The number of carboxylic acids is 1. The molecule has 0 amide bonds. The highest BCUT2D eigenvalue weighted by Crippen LogP contribution is 2.53. The molecule has 2 saturated carbocycles. The highest BCUT2D eigenvalue weighted by atomic mass is 16.5. The molecule has 4 unspecified atom stereocenters. The lowest BCUT2D eigenvalue weighted by atomic mass is 9.54. The Balaban J connectivity index is 0.000000365. The highest BCUT2D eigenvalue weighted by molar-refractivity contribution is 5.88. The minimum atomic E-state index is -0.879. The van der Waals surface area contributed by atoms with Crippen LogP contribution in [0.25, 0.3) is 10.9 Å². The second-order valence-corrected chi connectivity index (χ2v) is 13.1. The van der Waals surface area contributed by atoms with Crippen LogP contribution < -0.4 is 4.74 Å². The predicted molar refractivity (Wildman–Crippen MR) is 176 cm³/mol. The number of fused-ring (bicyclic) bond motifs is 1. The van der Waals surface area contributed by atoms with Gasteiger partial charge < -0.3 is 19.6 Å². The lowest BCUT2D eigenvalue weighted by molar-refractivity contribution is -0.0435. The summed E-state index contributed by atoms with van der Waals surface area (Å²) in [5.41, 5.74) is 4.12.